The second-order valence-corrected chi connectivity index (χ2v) is 9.02. The van der Waals surface area contributed by atoms with Gasteiger partial charge in [0, 0.05) is 41.5 Å². The first-order valence-electron chi connectivity index (χ1n) is 8.99. The number of amides is 1. The summed E-state index contributed by atoms with van der Waals surface area (Å²) in [5, 5.41) is 3.81. The van der Waals surface area contributed by atoms with E-state index in [1.54, 1.807) is 6.07 Å². The lowest BCUT2D eigenvalue weighted by Crippen LogP contribution is -2.31. The average molecular weight is 401 g/mol. The highest BCUT2D eigenvalue weighted by atomic mass is 32.2. The minimum Gasteiger partial charge on any atom is -0.321 e. The van der Waals surface area contributed by atoms with Crippen LogP contribution < -0.4 is 5.32 Å². The molecule has 1 aliphatic heterocycles. The summed E-state index contributed by atoms with van der Waals surface area (Å²) in [5.74, 6) is 1.95. The van der Waals surface area contributed by atoms with Crippen molar-refractivity contribution in [2.75, 3.05) is 29.9 Å². The third-order valence-electron chi connectivity index (χ3n) is 4.80. The van der Waals surface area contributed by atoms with Gasteiger partial charge in [0.2, 0.25) is 0 Å². The normalized spacial score (nSPS) is 15.2. The lowest BCUT2D eigenvalue weighted by atomic mass is 10.1. The molecule has 0 radical (unpaired) electrons. The molecule has 0 atom stereocenters. The monoisotopic (exact) mass is 400 g/mol. The summed E-state index contributed by atoms with van der Waals surface area (Å²) >= 11 is 3.40. The zero-order valence-corrected chi connectivity index (χ0v) is 16.8. The van der Waals surface area contributed by atoms with Crippen LogP contribution in [-0.2, 0) is 6.54 Å². The maximum absolute atomic E-state index is 13.5. The number of hydrogen-bond donors (Lipinski definition) is 1. The first-order chi connectivity index (χ1) is 13.1. The lowest BCUT2D eigenvalue weighted by Gasteiger charge is -2.26. The summed E-state index contributed by atoms with van der Waals surface area (Å²) in [6.45, 7) is 5.00. The van der Waals surface area contributed by atoms with E-state index in [0.717, 1.165) is 41.0 Å². The van der Waals surface area contributed by atoms with Gasteiger partial charge >= 0.3 is 0 Å². The first kappa shape index (κ1) is 18.5. The molecule has 0 bridgehead atoms. The van der Waals surface area contributed by atoms with Crippen LogP contribution in [0.4, 0.5) is 10.1 Å². The van der Waals surface area contributed by atoms with Crippen LogP contribution in [0.1, 0.15) is 20.8 Å². The lowest BCUT2D eigenvalue weighted by molar-refractivity contribution is 0.103. The van der Waals surface area contributed by atoms with Gasteiger partial charge in [-0.1, -0.05) is 12.1 Å². The Kier molecular flexibility index (Phi) is 5.48. The number of carbonyl (C=O) groups excluding carboxylic acids is 1. The topological polar surface area (TPSA) is 32.3 Å². The summed E-state index contributed by atoms with van der Waals surface area (Å²) in [5.41, 5.74) is 2.83. The number of carbonyl (C=O) groups is 1. The predicted octanol–water partition coefficient (Wildman–Crippen LogP) is 5.15. The molecule has 0 unspecified atom stereocenters. The molecule has 1 saturated heterocycles. The Hall–Kier alpha value is -1.89. The Balaban J connectivity index is 1.51. The van der Waals surface area contributed by atoms with E-state index in [9.17, 15) is 9.18 Å². The van der Waals surface area contributed by atoms with E-state index >= 15 is 0 Å². The highest BCUT2D eigenvalue weighted by molar-refractivity contribution is 7.99. The predicted molar refractivity (Wildman–Crippen MR) is 114 cm³/mol. The number of nitrogens with zero attached hydrogens (tertiary/aromatic N) is 1. The molecule has 0 spiro atoms. The van der Waals surface area contributed by atoms with Crippen LogP contribution in [0, 0.1) is 12.7 Å². The second-order valence-electron chi connectivity index (χ2n) is 6.74. The summed E-state index contributed by atoms with van der Waals surface area (Å²) in [7, 11) is 0. The van der Waals surface area contributed by atoms with Crippen LogP contribution in [0.15, 0.2) is 42.5 Å². The molecule has 3 aromatic rings. The van der Waals surface area contributed by atoms with Gasteiger partial charge in [0.25, 0.3) is 5.91 Å². The molecule has 1 aromatic heterocycles. The van der Waals surface area contributed by atoms with Crippen LogP contribution in [0.2, 0.25) is 0 Å². The Labute approximate surface area is 166 Å². The molecule has 27 heavy (non-hydrogen) atoms. The molecule has 2 heterocycles. The van der Waals surface area contributed by atoms with E-state index in [4.69, 9.17) is 0 Å². The molecular formula is C21H21FN2OS2. The van der Waals surface area contributed by atoms with E-state index in [2.05, 4.69) is 16.3 Å². The number of thiophene rings is 1. The van der Waals surface area contributed by atoms with Crippen LogP contribution >= 0.6 is 23.1 Å². The number of thioether (sulfide) groups is 1. The molecule has 0 aliphatic carbocycles. The number of hydrogen-bond acceptors (Lipinski definition) is 4. The van der Waals surface area contributed by atoms with Crippen molar-refractivity contribution in [3.05, 3.63) is 64.3 Å². The SMILES string of the molecule is Cc1c(C(=O)Nc2cccc(CN3CCSCC3)c2)sc2ccc(F)cc12. The molecule has 0 saturated carbocycles. The van der Waals surface area contributed by atoms with Gasteiger partial charge in [0.05, 0.1) is 4.88 Å². The van der Waals surface area contributed by atoms with E-state index in [0.29, 0.717) is 4.88 Å². The minimum atomic E-state index is -0.279. The standard InChI is InChI=1S/C21H21FN2OS2/c1-14-18-12-16(22)5-6-19(18)27-20(14)21(25)23-17-4-2-3-15(11-17)13-24-7-9-26-10-8-24/h2-6,11-12H,7-10,13H2,1H3,(H,23,25). The van der Waals surface area contributed by atoms with Crippen molar-refractivity contribution < 1.29 is 9.18 Å². The average Bonchev–Trinajstić information content (AvgIpc) is 2.99. The van der Waals surface area contributed by atoms with Gasteiger partial charge in [0.1, 0.15) is 5.82 Å². The number of anilines is 1. The first-order valence-corrected chi connectivity index (χ1v) is 11.0. The van der Waals surface area contributed by atoms with Crippen molar-refractivity contribution in [3.8, 4) is 0 Å². The molecule has 3 nitrogen and oxygen atoms in total. The third kappa shape index (κ3) is 4.18. The van der Waals surface area contributed by atoms with Gasteiger partial charge in [-0.05, 0) is 53.8 Å². The zero-order valence-electron chi connectivity index (χ0n) is 15.1. The molecule has 1 aliphatic rings. The Bertz CT molecular complexity index is 979. The zero-order chi connectivity index (χ0) is 18.8. The quantitative estimate of drug-likeness (QED) is 0.657. The molecule has 1 amide bonds. The number of fused-ring (bicyclic) bond motifs is 1. The molecule has 4 rings (SSSR count). The molecule has 6 heteroatoms. The van der Waals surface area contributed by atoms with E-state index in [1.807, 2.05) is 36.9 Å². The maximum Gasteiger partial charge on any atom is 0.266 e. The molecule has 140 valence electrons. The Morgan fingerprint density at radius 3 is 2.81 bits per heavy atom. The second kappa shape index (κ2) is 8.00. The van der Waals surface area contributed by atoms with Crippen LogP contribution in [0.25, 0.3) is 10.1 Å². The van der Waals surface area contributed by atoms with Crippen molar-refractivity contribution >= 4 is 44.8 Å². The maximum atomic E-state index is 13.5. The van der Waals surface area contributed by atoms with Gasteiger partial charge in [-0.2, -0.15) is 11.8 Å². The Morgan fingerprint density at radius 2 is 2.00 bits per heavy atom. The Morgan fingerprint density at radius 1 is 1.19 bits per heavy atom. The van der Waals surface area contributed by atoms with E-state index in [1.165, 1.54) is 40.5 Å². The number of benzene rings is 2. The highest BCUT2D eigenvalue weighted by Crippen LogP contribution is 2.32. The number of nitrogens with one attached hydrogen (secondary N) is 1. The fourth-order valence-corrected chi connectivity index (χ4v) is 5.43. The van der Waals surface area contributed by atoms with Crippen molar-refractivity contribution in [2.45, 2.75) is 13.5 Å². The van der Waals surface area contributed by atoms with Gasteiger partial charge in [-0.3, -0.25) is 9.69 Å². The smallest absolute Gasteiger partial charge is 0.266 e. The van der Waals surface area contributed by atoms with E-state index < -0.39 is 0 Å². The van der Waals surface area contributed by atoms with Crippen LogP contribution in [0.3, 0.4) is 0 Å². The highest BCUT2D eigenvalue weighted by Gasteiger charge is 2.17. The van der Waals surface area contributed by atoms with Gasteiger partial charge in [0.15, 0.2) is 0 Å². The third-order valence-corrected chi connectivity index (χ3v) is 7.01. The fourth-order valence-electron chi connectivity index (χ4n) is 3.36. The molecular weight excluding hydrogens is 379 g/mol. The van der Waals surface area contributed by atoms with E-state index in [-0.39, 0.29) is 11.7 Å². The molecule has 1 fully saturated rings. The van der Waals surface area contributed by atoms with Crippen molar-refractivity contribution in [1.82, 2.24) is 4.90 Å². The molecule has 2 aromatic carbocycles. The fraction of sp³-hybridized carbons (Fsp3) is 0.286. The minimum absolute atomic E-state index is 0.138. The summed E-state index contributed by atoms with van der Waals surface area (Å²) in [6, 6.07) is 12.7. The summed E-state index contributed by atoms with van der Waals surface area (Å²) < 4.78 is 14.4. The van der Waals surface area contributed by atoms with Crippen LogP contribution in [-0.4, -0.2) is 35.4 Å². The van der Waals surface area contributed by atoms with Crippen LogP contribution in [0.5, 0.6) is 0 Å². The number of rotatable bonds is 4. The van der Waals surface area contributed by atoms with Gasteiger partial charge in [-0.25, -0.2) is 4.39 Å². The summed E-state index contributed by atoms with van der Waals surface area (Å²) in [6.07, 6.45) is 0. The van der Waals surface area contributed by atoms with Gasteiger partial charge < -0.3 is 5.32 Å². The number of aryl methyl sites for hydroxylation is 1. The number of halogens is 1. The molecule has 1 N–H and O–H groups in total. The van der Waals surface area contributed by atoms with Crippen molar-refractivity contribution in [1.29, 1.82) is 0 Å². The van der Waals surface area contributed by atoms with Crippen molar-refractivity contribution in [2.24, 2.45) is 0 Å². The largest absolute Gasteiger partial charge is 0.321 e. The summed E-state index contributed by atoms with van der Waals surface area (Å²) in [4.78, 5) is 15.9. The van der Waals surface area contributed by atoms with Crippen molar-refractivity contribution in [3.63, 3.8) is 0 Å². The van der Waals surface area contributed by atoms with Gasteiger partial charge in [-0.15, -0.1) is 11.3 Å².